The van der Waals surface area contributed by atoms with Crippen LogP contribution in [0.3, 0.4) is 0 Å². The molecule has 1 saturated carbocycles. The van der Waals surface area contributed by atoms with Crippen molar-refractivity contribution in [1.29, 1.82) is 5.26 Å². The molecule has 0 aliphatic heterocycles. The molecule has 1 aromatic carbocycles. The van der Waals surface area contributed by atoms with E-state index in [1.165, 1.54) is 0 Å². The summed E-state index contributed by atoms with van der Waals surface area (Å²) in [6, 6.07) is 5.73. The minimum absolute atomic E-state index is 0.0430. The lowest BCUT2D eigenvalue weighted by molar-refractivity contribution is 0.235. The predicted molar refractivity (Wildman–Crippen MR) is 76.5 cm³/mol. The summed E-state index contributed by atoms with van der Waals surface area (Å²) in [6.45, 7) is 0.544. The molecule has 0 spiro atoms. The van der Waals surface area contributed by atoms with Gasteiger partial charge in [-0.25, -0.2) is 0 Å². The zero-order valence-electron chi connectivity index (χ0n) is 9.68. The van der Waals surface area contributed by atoms with Gasteiger partial charge in [0.15, 0.2) is 0 Å². The summed E-state index contributed by atoms with van der Waals surface area (Å²) in [7, 11) is 0. The average Bonchev–Trinajstić information content (AvgIpc) is 3.07. The summed E-state index contributed by atoms with van der Waals surface area (Å²) in [5.41, 5.74) is 0.974. The Labute approximate surface area is 125 Å². The Morgan fingerprint density at radius 1 is 1.39 bits per heavy atom. The first-order valence-electron chi connectivity index (χ1n) is 5.64. The molecule has 5 heteroatoms. The number of hydrogen-bond acceptors (Lipinski definition) is 2. The number of hydrogen-bond donors (Lipinski definition) is 0. The van der Waals surface area contributed by atoms with Gasteiger partial charge in [-0.3, -0.25) is 0 Å². The van der Waals surface area contributed by atoms with Crippen molar-refractivity contribution in [3.8, 4) is 11.8 Å². The maximum Gasteiger partial charge on any atom is 0.142 e. The third-order valence-corrected chi connectivity index (χ3v) is 4.27. The Bertz CT molecular complexity index is 494. The molecule has 1 aliphatic rings. The molecule has 0 bridgehead atoms. The van der Waals surface area contributed by atoms with Gasteiger partial charge in [-0.2, -0.15) is 5.26 Å². The quantitative estimate of drug-likeness (QED) is 0.704. The third kappa shape index (κ3) is 3.12. The summed E-state index contributed by atoms with van der Waals surface area (Å²) in [5, 5.41) is 10.5. The van der Waals surface area contributed by atoms with Crippen molar-refractivity contribution in [2.45, 2.75) is 24.6 Å². The van der Waals surface area contributed by atoms with E-state index in [1.54, 1.807) is 6.07 Å². The van der Waals surface area contributed by atoms with E-state index in [1.807, 2.05) is 6.07 Å². The van der Waals surface area contributed by atoms with Crippen molar-refractivity contribution in [3.63, 3.8) is 0 Å². The lowest BCUT2D eigenvalue weighted by atomic mass is 10.1. The second kappa shape index (κ2) is 5.69. The van der Waals surface area contributed by atoms with E-state index in [9.17, 15) is 0 Å². The van der Waals surface area contributed by atoms with Gasteiger partial charge >= 0.3 is 0 Å². The summed E-state index contributed by atoms with van der Waals surface area (Å²) in [4.78, 5) is 0. The Kier molecular flexibility index (Phi) is 4.42. The number of nitrogens with zero attached hydrogens (tertiary/aromatic N) is 1. The van der Waals surface area contributed by atoms with E-state index < -0.39 is 0 Å². The van der Waals surface area contributed by atoms with Crippen LogP contribution in [0.15, 0.2) is 12.1 Å². The van der Waals surface area contributed by atoms with Crippen LogP contribution in [0, 0.1) is 16.7 Å². The molecular weight excluding hydrogens is 337 g/mol. The van der Waals surface area contributed by atoms with Crippen molar-refractivity contribution in [1.82, 2.24) is 0 Å². The van der Waals surface area contributed by atoms with Crippen LogP contribution in [0.25, 0.3) is 0 Å². The van der Waals surface area contributed by atoms with Crippen LogP contribution < -0.4 is 4.74 Å². The molecule has 1 aliphatic carbocycles. The molecule has 0 radical (unpaired) electrons. The third-order valence-electron chi connectivity index (χ3n) is 3.16. The summed E-state index contributed by atoms with van der Waals surface area (Å²) >= 11 is 15.5. The first kappa shape index (κ1) is 14.0. The van der Waals surface area contributed by atoms with Gasteiger partial charge in [0.1, 0.15) is 5.75 Å². The van der Waals surface area contributed by atoms with E-state index in [0.29, 0.717) is 34.2 Å². The number of benzene rings is 1. The number of rotatable bonds is 5. The van der Waals surface area contributed by atoms with Crippen LogP contribution in [-0.2, 0) is 5.33 Å². The zero-order valence-corrected chi connectivity index (χ0v) is 12.8. The maximum absolute atomic E-state index is 8.77. The van der Waals surface area contributed by atoms with Crippen molar-refractivity contribution in [3.05, 3.63) is 27.7 Å². The van der Waals surface area contributed by atoms with Crippen LogP contribution in [0.2, 0.25) is 10.0 Å². The van der Waals surface area contributed by atoms with E-state index in [0.717, 1.165) is 18.4 Å². The van der Waals surface area contributed by atoms with Crippen molar-refractivity contribution < 1.29 is 4.74 Å². The monoisotopic (exact) mass is 347 g/mol. The average molecular weight is 349 g/mol. The van der Waals surface area contributed by atoms with Crippen LogP contribution in [-0.4, -0.2) is 6.61 Å². The molecule has 0 amide bonds. The van der Waals surface area contributed by atoms with Gasteiger partial charge in [-0.05, 0) is 25.0 Å². The molecule has 18 heavy (non-hydrogen) atoms. The standard InChI is InChI=1S/C13H12BrCl2NO/c14-7-9-5-10(15)6-11(16)12(9)18-8-13(1-2-13)3-4-17/h5-6H,1-3,7-8H2. The zero-order chi connectivity index (χ0) is 13.2. The van der Waals surface area contributed by atoms with Crippen LogP contribution in [0.4, 0.5) is 0 Å². The molecule has 0 saturated heterocycles. The van der Waals surface area contributed by atoms with Crippen LogP contribution >= 0.6 is 39.1 Å². The maximum atomic E-state index is 8.77. The molecule has 0 N–H and O–H groups in total. The highest BCUT2D eigenvalue weighted by Crippen LogP contribution is 2.49. The van der Waals surface area contributed by atoms with Gasteiger partial charge in [-0.1, -0.05) is 39.1 Å². The van der Waals surface area contributed by atoms with E-state index in [4.69, 9.17) is 33.2 Å². The minimum Gasteiger partial charge on any atom is -0.491 e. The predicted octanol–water partition coefficient (Wildman–Crippen LogP) is 4.96. The van der Waals surface area contributed by atoms with E-state index in [-0.39, 0.29) is 5.41 Å². The Morgan fingerprint density at radius 3 is 2.67 bits per heavy atom. The number of alkyl halides is 1. The molecule has 96 valence electrons. The molecule has 0 aromatic heterocycles. The molecule has 0 atom stereocenters. The van der Waals surface area contributed by atoms with E-state index >= 15 is 0 Å². The van der Waals surface area contributed by atoms with Crippen molar-refractivity contribution in [2.75, 3.05) is 6.61 Å². The Hall–Kier alpha value is -0.430. The Balaban J connectivity index is 2.12. The minimum atomic E-state index is 0.0430. The smallest absolute Gasteiger partial charge is 0.142 e. The normalized spacial score (nSPS) is 16.1. The molecule has 2 nitrogen and oxygen atoms in total. The van der Waals surface area contributed by atoms with Gasteiger partial charge in [0, 0.05) is 27.8 Å². The number of nitriles is 1. The second-order valence-corrected chi connectivity index (χ2v) is 6.04. The van der Waals surface area contributed by atoms with Gasteiger partial charge in [0.25, 0.3) is 0 Å². The topological polar surface area (TPSA) is 33.0 Å². The highest BCUT2D eigenvalue weighted by molar-refractivity contribution is 9.08. The first-order chi connectivity index (χ1) is 8.60. The fraction of sp³-hybridized carbons (Fsp3) is 0.462. The molecule has 1 aromatic rings. The number of halogens is 3. The summed E-state index contributed by atoms with van der Waals surface area (Å²) in [6.07, 6.45) is 2.65. The molecule has 0 unspecified atom stereocenters. The molecule has 0 heterocycles. The molecule has 2 rings (SSSR count). The molecular formula is C13H12BrCl2NO. The van der Waals surface area contributed by atoms with E-state index in [2.05, 4.69) is 22.0 Å². The highest BCUT2D eigenvalue weighted by atomic mass is 79.9. The lowest BCUT2D eigenvalue weighted by Gasteiger charge is -2.16. The van der Waals surface area contributed by atoms with Gasteiger partial charge < -0.3 is 4.74 Å². The highest BCUT2D eigenvalue weighted by Gasteiger charge is 2.43. The largest absolute Gasteiger partial charge is 0.491 e. The van der Waals surface area contributed by atoms with Crippen molar-refractivity contribution >= 4 is 39.1 Å². The lowest BCUT2D eigenvalue weighted by Crippen LogP contribution is -2.13. The first-order valence-corrected chi connectivity index (χ1v) is 7.52. The summed E-state index contributed by atoms with van der Waals surface area (Å²) in [5.74, 6) is 0.669. The fourth-order valence-corrected chi connectivity index (χ4v) is 2.82. The Morgan fingerprint density at radius 2 is 2.11 bits per heavy atom. The SMILES string of the molecule is N#CCC1(COc2c(Cl)cc(Cl)cc2CBr)CC1. The fourth-order valence-electron chi connectivity index (χ4n) is 1.82. The second-order valence-electron chi connectivity index (χ2n) is 4.63. The van der Waals surface area contributed by atoms with Crippen LogP contribution in [0.1, 0.15) is 24.8 Å². The van der Waals surface area contributed by atoms with Crippen LogP contribution in [0.5, 0.6) is 5.75 Å². The van der Waals surface area contributed by atoms with Gasteiger partial charge in [0.05, 0.1) is 17.7 Å². The van der Waals surface area contributed by atoms with Gasteiger partial charge in [-0.15, -0.1) is 0 Å². The molecule has 1 fully saturated rings. The van der Waals surface area contributed by atoms with Crippen molar-refractivity contribution in [2.24, 2.45) is 5.41 Å². The van der Waals surface area contributed by atoms with Gasteiger partial charge in [0.2, 0.25) is 0 Å². The summed E-state index contributed by atoms with van der Waals surface area (Å²) < 4.78 is 5.82. The number of ether oxygens (including phenoxy) is 1.